The number of alkyl carbamates (subject to hydrolysis) is 1. The molecule has 0 spiro atoms. The molecule has 0 fully saturated rings. The van der Waals surface area contributed by atoms with Crippen LogP contribution in [-0.4, -0.2) is 47.9 Å². The van der Waals surface area contributed by atoms with E-state index in [1.807, 2.05) is 37.3 Å². The number of nitrogens with one attached hydrogen (secondary N) is 3. The van der Waals surface area contributed by atoms with Gasteiger partial charge in [0.2, 0.25) is 0 Å². The highest BCUT2D eigenvalue weighted by atomic mass is 16.5. The second-order valence-electron chi connectivity index (χ2n) is 7.12. The molecule has 0 aliphatic carbocycles. The number of hydrogen-bond donors (Lipinski definition) is 3. The first-order chi connectivity index (χ1) is 16.6. The number of imidazole rings is 1. The molecule has 3 rings (SSSR count). The maximum atomic E-state index is 12.8. The summed E-state index contributed by atoms with van der Waals surface area (Å²) in [6, 6.07) is 13.6. The van der Waals surface area contributed by atoms with Gasteiger partial charge in [-0.3, -0.25) is 4.79 Å². The van der Waals surface area contributed by atoms with Gasteiger partial charge in [-0.2, -0.15) is 5.10 Å². The Hall–Kier alpha value is -4.34. The Balaban J connectivity index is 1.62. The number of hydrogen-bond acceptors (Lipinski definition) is 7. The lowest BCUT2D eigenvalue weighted by Crippen LogP contribution is -2.47. The minimum atomic E-state index is -0.935. The highest BCUT2D eigenvalue weighted by molar-refractivity contribution is 5.87. The number of carbonyl (C=O) groups is 2. The van der Waals surface area contributed by atoms with Crippen LogP contribution in [-0.2, 0) is 22.6 Å². The normalized spacial score (nSPS) is 11.6. The molecule has 2 amide bonds. The van der Waals surface area contributed by atoms with Gasteiger partial charge < -0.3 is 24.5 Å². The molecule has 0 aliphatic heterocycles. The van der Waals surface area contributed by atoms with E-state index in [9.17, 15) is 9.59 Å². The predicted molar refractivity (Wildman–Crippen MR) is 126 cm³/mol. The molecule has 1 atom stereocenters. The summed E-state index contributed by atoms with van der Waals surface area (Å²) in [5.74, 6) is 0.655. The van der Waals surface area contributed by atoms with Gasteiger partial charge in [0.05, 0.1) is 26.3 Å². The van der Waals surface area contributed by atoms with Crippen molar-refractivity contribution in [1.29, 1.82) is 0 Å². The molecule has 3 N–H and O–H groups in total. The Labute approximate surface area is 197 Å². The van der Waals surface area contributed by atoms with Crippen molar-refractivity contribution in [1.82, 2.24) is 20.7 Å². The first-order valence-corrected chi connectivity index (χ1v) is 10.7. The Kier molecular flexibility index (Phi) is 9.03. The van der Waals surface area contributed by atoms with Gasteiger partial charge in [-0.25, -0.2) is 15.2 Å². The van der Waals surface area contributed by atoms with Crippen molar-refractivity contribution in [2.45, 2.75) is 26.0 Å². The second-order valence-corrected chi connectivity index (χ2v) is 7.12. The molecule has 10 nitrogen and oxygen atoms in total. The van der Waals surface area contributed by atoms with Crippen LogP contribution in [0.2, 0.25) is 0 Å². The fourth-order valence-electron chi connectivity index (χ4n) is 3.02. The van der Waals surface area contributed by atoms with Crippen LogP contribution < -0.4 is 20.2 Å². The van der Waals surface area contributed by atoms with E-state index in [0.29, 0.717) is 29.4 Å². The number of ether oxygens (including phenoxy) is 3. The van der Waals surface area contributed by atoms with Crippen LogP contribution in [0.5, 0.6) is 11.5 Å². The van der Waals surface area contributed by atoms with E-state index < -0.39 is 18.0 Å². The first-order valence-electron chi connectivity index (χ1n) is 10.7. The van der Waals surface area contributed by atoms with Crippen LogP contribution in [0, 0.1) is 0 Å². The molecule has 0 aliphatic rings. The van der Waals surface area contributed by atoms with Crippen LogP contribution in [0.1, 0.15) is 23.7 Å². The third kappa shape index (κ3) is 7.37. The van der Waals surface area contributed by atoms with Gasteiger partial charge in [-0.05, 0) is 36.2 Å². The number of rotatable bonds is 11. The maximum Gasteiger partial charge on any atom is 0.408 e. The molecule has 0 bridgehead atoms. The highest BCUT2D eigenvalue weighted by Gasteiger charge is 2.22. The predicted octanol–water partition coefficient (Wildman–Crippen LogP) is 2.80. The third-order valence-electron chi connectivity index (χ3n) is 4.68. The van der Waals surface area contributed by atoms with E-state index in [0.717, 1.165) is 5.56 Å². The number of benzene rings is 2. The average Bonchev–Trinajstić information content (AvgIpc) is 3.36. The number of amides is 2. The molecule has 3 aromatic rings. The lowest BCUT2D eigenvalue weighted by molar-refractivity contribution is -0.123. The zero-order valence-corrected chi connectivity index (χ0v) is 19.0. The molecule has 0 saturated heterocycles. The van der Waals surface area contributed by atoms with Crippen LogP contribution in [0.3, 0.4) is 0 Å². The minimum Gasteiger partial charge on any atom is -0.493 e. The molecular weight excluding hydrogens is 438 g/mol. The van der Waals surface area contributed by atoms with Crippen molar-refractivity contribution in [3.05, 3.63) is 77.9 Å². The topological polar surface area (TPSA) is 127 Å². The van der Waals surface area contributed by atoms with Gasteiger partial charge in [-0.1, -0.05) is 30.3 Å². The zero-order valence-electron chi connectivity index (χ0n) is 19.0. The molecule has 34 heavy (non-hydrogen) atoms. The van der Waals surface area contributed by atoms with E-state index >= 15 is 0 Å². The maximum absolute atomic E-state index is 12.8. The van der Waals surface area contributed by atoms with Crippen molar-refractivity contribution in [3.8, 4) is 11.5 Å². The Morgan fingerprint density at radius 1 is 1.18 bits per heavy atom. The zero-order chi connectivity index (χ0) is 24.2. The van der Waals surface area contributed by atoms with Crippen LogP contribution in [0.25, 0.3) is 0 Å². The molecule has 1 heterocycles. The summed E-state index contributed by atoms with van der Waals surface area (Å²) in [5.41, 5.74) is 4.66. The summed E-state index contributed by atoms with van der Waals surface area (Å²) in [4.78, 5) is 31.9. The van der Waals surface area contributed by atoms with E-state index in [2.05, 4.69) is 25.8 Å². The molecule has 2 aromatic carbocycles. The van der Waals surface area contributed by atoms with Crippen molar-refractivity contribution in [3.63, 3.8) is 0 Å². The fraction of sp³-hybridized carbons (Fsp3) is 0.250. The highest BCUT2D eigenvalue weighted by Crippen LogP contribution is 2.27. The summed E-state index contributed by atoms with van der Waals surface area (Å²) in [6.07, 6.45) is 4.01. The van der Waals surface area contributed by atoms with Crippen LogP contribution >= 0.6 is 0 Å². The quantitative estimate of drug-likeness (QED) is 0.295. The molecule has 0 radical (unpaired) electrons. The lowest BCUT2D eigenvalue weighted by atomic mass is 10.1. The standard InChI is InChI=1S/C24H27N5O5/c1-3-33-22-11-18(9-10-21(22)32-2)13-27-29-23(30)20(12-19-14-25-16-26-19)28-24(31)34-15-17-7-5-4-6-8-17/h4-11,13-14,16,20H,3,12,15H2,1-2H3,(H,25,26)(H,28,31)(H,29,30)/b27-13-/t20-/m0/s1. The largest absolute Gasteiger partial charge is 0.493 e. The van der Waals surface area contributed by atoms with Crippen molar-refractivity contribution in [2.75, 3.05) is 13.7 Å². The Morgan fingerprint density at radius 2 is 2.00 bits per heavy atom. The number of carbonyl (C=O) groups excluding carboxylic acids is 2. The summed E-state index contributed by atoms with van der Waals surface area (Å²) in [5, 5.41) is 6.59. The summed E-state index contributed by atoms with van der Waals surface area (Å²) < 4.78 is 16.0. The minimum absolute atomic E-state index is 0.0862. The van der Waals surface area contributed by atoms with Gasteiger partial charge in [-0.15, -0.1) is 0 Å². The Bertz CT molecular complexity index is 1090. The van der Waals surface area contributed by atoms with Crippen LogP contribution in [0.15, 0.2) is 66.2 Å². The average molecular weight is 466 g/mol. The van der Waals surface area contributed by atoms with E-state index in [4.69, 9.17) is 14.2 Å². The molecule has 0 saturated carbocycles. The first kappa shape index (κ1) is 24.3. The fourth-order valence-corrected chi connectivity index (χ4v) is 3.02. The number of H-pyrrole nitrogens is 1. The molecule has 10 heteroatoms. The van der Waals surface area contributed by atoms with Gasteiger partial charge >= 0.3 is 6.09 Å². The van der Waals surface area contributed by atoms with E-state index in [1.165, 1.54) is 12.5 Å². The number of aromatic nitrogens is 2. The van der Waals surface area contributed by atoms with E-state index in [-0.39, 0.29) is 13.0 Å². The SMILES string of the molecule is CCOc1cc(/C=N\NC(=O)[C@H](Cc2cnc[nH]2)NC(=O)OCc2ccccc2)ccc1OC. The second kappa shape index (κ2) is 12.6. The van der Waals surface area contributed by atoms with E-state index in [1.54, 1.807) is 31.5 Å². The van der Waals surface area contributed by atoms with Gasteiger partial charge in [0.25, 0.3) is 5.91 Å². The molecule has 0 unspecified atom stereocenters. The number of hydrazone groups is 1. The Morgan fingerprint density at radius 3 is 2.71 bits per heavy atom. The summed E-state index contributed by atoms with van der Waals surface area (Å²) in [7, 11) is 1.56. The monoisotopic (exact) mass is 465 g/mol. The molecule has 178 valence electrons. The number of aromatic amines is 1. The van der Waals surface area contributed by atoms with Crippen molar-refractivity contribution >= 4 is 18.2 Å². The summed E-state index contributed by atoms with van der Waals surface area (Å²) >= 11 is 0. The van der Waals surface area contributed by atoms with Crippen molar-refractivity contribution in [2.24, 2.45) is 5.10 Å². The summed E-state index contributed by atoms with van der Waals surface area (Å²) in [6.45, 7) is 2.44. The van der Waals surface area contributed by atoms with Crippen LogP contribution in [0.4, 0.5) is 4.79 Å². The van der Waals surface area contributed by atoms with Gasteiger partial charge in [0, 0.05) is 18.3 Å². The van der Waals surface area contributed by atoms with Crippen molar-refractivity contribution < 1.29 is 23.8 Å². The number of nitrogens with zero attached hydrogens (tertiary/aromatic N) is 2. The number of methoxy groups -OCH3 is 1. The van der Waals surface area contributed by atoms with Gasteiger partial charge in [0.1, 0.15) is 12.6 Å². The third-order valence-corrected chi connectivity index (χ3v) is 4.68. The lowest BCUT2D eigenvalue weighted by Gasteiger charge is -2.16. The van der Waals surface area contributed by atoms with Gasteiger partial charge in [0.15, 0.2) is 11.5 Å². The smallest absolute Gasteiger partial charge is 0.408 e. The molecule has 1 aromatic heterocycles. The molecular formula is C24H27N5O5.